The van der Waals surface area contributed by atoms with Crippen molar-refractivity contribution in [3.63, 3.8) is 0 Å². The van der Waals surface area contributed by atoms with E-state index in [0.29, 0.717) is 5.56 Å². The first kappa shape index (κ1) is 14.1. The number of hydrogen-bond acceptors (Lipinski definition) is 3. The van der Waals surface area contributed by atoms with Crippen molar-refractivity contribution in [3.8, 4) is 5.69 Å². The maximum absolute atomic E-state index is 12.0. The van der Waals surface area contributed by atoms with Crippen LogP contribution in [0.1, 0.15) is 34.7 Å². The van der Waals surface area contributed by atoms with Crippen molar-refractivity contribution in [3.05, 3.63) is 72.2 Å². The van der Waals surface area contributed by atoms with Crippen LogP contribution in [0.4, 0.5) is 0 Å². The molecule has 0 saturated carbocycles. The molecule has 0 aliphatic carbocycles. The standard InChI is InChI=1S/C17H17N3O2/c1-12(19-17(21)15-7-10-22-11-15)14-3-5-16(6-4-14)20-9-8-18-13(20)2/h3-12H,1-2H3,(H,19,21)/t12-/m1/s1. The Bertz CT molecular complexity index is 758. The highest BCUT2D eigenvalue weighted by Gasteiger charge is 2.12. The molecule has 5 heteroatoms. The number of nitrogens with zero attached hydrogens (tertiary/aromatic N) is 2. The molecule has 5 nitrogen and oxygen atoms in total. The van der Waals surface area contributed by atoms with Crippen molar-refractivity contribution in [2.45, 2.75) is 19.9 Å². The van der Waals surface area contributed by atoms with Crippen LogP contribution in [0.15, 0.2) is 59.7 Å². The molecule has 0 radical (unpaired) electrons. The number of rotatable bonds is 4. The number of carbonyl (C=O) groups is 1. The second-order valence-electron chi connectivity index (χ2n) is 5.14. The predicted octanol–water partition coefficient (Wildman–Crippen LogP) is 3.26. The summed E-state index contributed by atoms with van der Waals surface area (Å²) in [5.41, 5.74) is 2.61. The molecule has 0 unspecified atom stereocenters. The normalized spacial score (nSPS) is 12.1. The highest BCUT2D eigenvalue weighted by Crippen LogP contribution is 2.17. The summed E-state index contributed by atoms with van der Waals surface area (Å²) in [4.78, 5) is 16.2. The summed E-state index contributed by atoms with van der Waals surface area (Å²) in [5, 5.41) is 2.95. The SMILES string of the molecule is Cc1nccn1-c1ccc([C@@H](C)NC(=O)c2ccoc2)cc1. The Hall–Kier alpha value is -2.82. The lowest BCUT2D eigenvalue weighted by Gasteiger charge is -2.14. The number of aromatic nitrogens is 2. The van der Waals surface area contributed by atoms with Gasteiger partial charge in [0.1, 0.15) is 12.1 Å². The molecule has 22 heavy (non-hydrogen) atoms. The van der Waals surface area contributed by atoms with E-state index >= 15 is 0 Å². The van der Waals surface area contributed by atoms with E-state index in [4.69, 9.17) is 4.42 Å². The molecule has 112 valence electrons. The van der Waals surface area contributed by atoms with E-state index in [2.05, 4.69) is 10.3 Å². The van der Waals surface area contributed by atoms with E-state index in [1.807, 2.05) is 48.9 Å². The Morgan fingerprint density at radius 2 is 2.05 bits per heavy atom. The molecule has 0 aliphatic rings. The summed E-state index contributed by atoms with van der Waals surface area (Å²) in [6.07, 6.45) is 6.63. The Labute approximate surface area is 128 Å². The van der Waals surface area contributed by atoms with Gasteiger partial charge < -0.3 is 14.3 Å². The minimum Gasteiger partial charge on any atom is -0.472 e. The van der Waals surface area contributed by atoms with Crippen LogP contribution in [0, 0.1) is 6.92 Å². The summed E-state index contributed by atoms with van der Waals surface area (Å²) in [5.74, 6) is 0.796. The molecule has 3 rings (SSSR count). The van der Waals surface area contributed by atoms with Crippen molar-refractivity contribution in [1.82, 2.24) is 14.9 Å². The van der Waals surface area contributed by atoms with Gasteiger partial charge in [-0.05, 0) is 37.6 Å². The summed E-state index contributed by atoms with van der Waals surface area (Å²) >= 11 is 0. The number of furan rings is 1. The number of amides is 1. The summed E-state index contributed by atoms with van der Waals surface area (Å²) in [6.45, 7) is 3.91. The van der Waals surface area contributed by atoms with Crippen LogP contribution < -0.4 is 5.32 Å². The topological polar surface area (TPSA) is 60.1 Å². The fraction of sp³-hybridized carbons (Fsp3) is 0.176. The van der Waals surface area contributed by atoms with Gasteiger partial charge in [0.15, 0.2) is 0 Å². The van der Waals surface area contributed by atoms with Crippen LogP contribution in [0.3, 0.4) is 0 Å². The van der Waals surface area contributed by atoms with Gasteiger partial charge in [-0.15, -0.1) is 0 Å². The predicted molar refractivity (Wildman–Crippen MR) is 82.9 cm³/mol. The molecule has 3 aromatic rings. The minimum atomic E-state index is -0.143. The lowest BCUT2D eigenvalue weighted by atomic mass is 10.1. The van der Waals surface area contributed by atoms with Crippen molar-refractivity contribution < 1.29 is 9.21 Å². The molecule has 1 aromatic carbocycles. The first-order valence-electron chi connectivity index (χ1n) is 7.08. The van der Waals surface area contributed by atoms with E-state index in [-0.39, 0.29) is 11.9 Å². The number of carbonyl (C=O) groups excluding carboxylic acids is 1. The molecule has 2 heterocycles. The second-order valence-corrected chi connectivity index (χ2v) is 5.14. The Morgan fingerprint density at radius 3 is 2.64 bits per heavy atom. The van der Waals surface area contributed by atoms with Crippen LogP contribution in [-0.2, 0) is 0 Å². The fourth-order valence-electron chi connectivity index (χ4n) is 2.33. The smallest absolute Gasteiger partial charge is 0.255 e. The molecule has 1 amide bonds. The monoisotopic (exact) mass is 295 g/mol. The highest BCUT2D eigenvalue weighted by atomic mass is 16.3. The fourth-order valence-corrected chi connectivity index (χ4v) is 2.33. The van der Waals surface area contributed by atoms with Crippen molar-refractivity contribution in [2.24, 2.45) is 0 Å². The molecule has 0 fully saturated rings. The van der Waals surface area contributed by atoms with Gasteiger partial charge in [-0.25, -0.2) is 4.98 Å². The maximum Gasteiger partial charge on any atom is 0.255 e. The number of benzene rings is 1. The molecule has 1 N–H and O–H groups in total. The molecule has 2 aromatic heterocycles. The average molecular weight is 295 g/mol. The third-order valence-corrected chi connectivity index (χ3v) is 3.63. The van der Waals surface area contributed by atoms with Gasteiger partial charge in [-0.1, -0.05) is 12.1 Å². The molecule has 0 saturated heterocycles. The van der Waals surface area contributed by atoms with Gasteiger partial charge in [0, 0.05) is 18.1 Å². The Kier molecular flexibility index (Phi) is 3.78. The van der Waals surface area contributed by atoms with Crippen molar-refractivity contribution in [1.29, 1.82) is 0 Å². The van der Waals surface area contributed by atoms with Crippen LogP contribution in [0.25, 0.3) is 5.69 Å². The zero-order valence-electron chi connectivity index (χ0n) is 12.5. The lowest BCUT2D eigenvalue weighted by Crippen LogP contribution is -2.26. The van der Waals surface area contributed by atoms with Gasteiger partial charge in [0.2, 0.25) is 0 Å². The number of aryl methyl sites for hydroxylation is 1. The highest BCUT2D eigenvalue weighted by molar-refractivity contribution is 5.94. The molecule has 0 bridgehead atoms. The average Bonchev–Trinajstić information content (AvgIpc) is 3.18. The summed E-state index contributed by atoms with van der Waals surface area (Å²) < 4.78 is 6.93. The molecular formula is C17H17N3O2. The van der Waals surface area contributed by atoms with Gasteiger partial charge in [0.05, 0.1) is 17.9 Å². The van der Waals surface area contributed by atoms with Crippen LogP contribution in [0.5, 0.6) is 0 Å². The van der Waals surface area contributed by atoms with Crippen molar-refractivity contribution >= 4 is 5.91 Å². The van der Waals surface area contributed by atoms with E-state index in [9.17, 15) is 4.79 Å². The third-order valence-electron chi connectivity index (χ3n) is 3.63. The van der Waals surface area contributed by atoms with E-state index in [0.717, 1.165) is 17.1 Å². The summed E-state index contributed by atoms with van der Waals surface area (Å²) in [6, 6.07) is 9.62. The largest absolute Gasteiger partial charge is 0.472 e. The lowest BCUT2D eigenvalue weighted by molar-refractivity contribution is 0.0939. The molecule has 1 atom stereocenters. The van der Waals surface area contributed by atoms with Gasteiger partial charge >= 0.3 is 0 Å². The zero-order chi connectivity index (χ0) is 15.5. The van der Waals surface area contributed by atoms with Gasteiger partial charge in [-0.2, -0.15) is 0 Å². The Morgan fingerprint density at radius 1 is 1.27 bits per heavy atom. The summed E-state index contributed by atoms with van der Waals surface area (Å²) in [7, 11) is 0. The first-order chi connectivity index (χ1) is 10.6. The Balaban J connectivity index is 1.72. The van der Waals surface area contributed by atoms with E-state index < -0.39 is 0 Å². The second kappa shape index (κ2) is 5.89. The number of imidazole rings is 1. The van der Waals surface area contributed by atoms with E-state index in [1.54, 1.807) is 12.3 Å². The van der Waals surface area contributed by atoms with Gasteiger partial charge in [0.25, 0.3) is 5.91 Å². The van der Waals surface area contributed by atoms with Crippen molar-refractivity contribution in [2.75, 3.05) is 0 Å². The van der Waals surface area contributed by atoms with Crippen LogP contribution in [-0.4, -0.2) is 15.5 Å². The molecule has 0 aliphatic heterocycles. The molecule has 0 spiro atoms. The number of nitrogens with one attached hydrogen (secondary N) is 1. The number of hydrogen-bond donors (Lipinski definition) is 1. The first-order valence-corrected chi connectivity index (χ1v) is 7.08. The molecular weight excluding hydrogens is 278 g/mol. The van der Waals surface area contributed by atoms with Gasteiger partial charge in [-0.3, -0.25) is 4.79 Å². The van der Waals surface area contributed by atoms with Crippen LogP contribution in [0.2, 0.25) is 0 Å². The minimum absolute atomic E-state index is 0.0830. The quantitative estimate of drug-likeness (QED) is 0.803. The zero-order valence-corrected chi connectivity index (χ0v) is 12.5. The third kappa shape index (κ3) is 2.79. The maximum atomic E-state index is 12.0. The van der Waals surface area contributed by atoms with Crippen LogP contribution >= 0.6 is 0 Å². The van der Waals surface area contributed by atoms with E-state index in [1.165, 1.54) is 12.5 Å².